The average molecular weight is 252 g/mol. The second-order valence-corrected chi connectivity index (χ2v) is 3.48. The van der Waals surface area contributed by atoms with Gasteiger partial charge in [-0.3, -0.25) is 4.79 Å². The first-order valence-corrected chi connectivity index (χ1v) is 5.38. The van der Waals surface area contributed by atoms with Crippen molar-refractivity contribution in [2.24, 2.45) is 0 Å². The van der Waals surface area contributed by atoms with Gasteiger partial charge < -0.3 is 9.84 Å². The molecular weight excluding hydrogens is 239 g/mol. The Hall–Kier alpha value is -2.17. The van der Waals surface area contributed by atoms with Gasteiger partial charge in [0.2, 0.25) is 0 Å². The van der Waals surface area contributed by atoms with Gasteiger partial charge in [0.25, 0.3) is 0 Å². The van der Waals surface area contributed by atoms with Crippen LogP contribution in [0.2, 0.25) is 0 Å². The zero-order valence-electron chi connectivity index (χ0n) is 9.85. The van der Waals surface area contributed by atoms with Crippen LogP contribution >= 0.6 is 0 Å². The smallest absolute Gasteiger partial charge is 0.330 e. The largest absolute Gasteiger partial charge is 0.481 e. The fourth-order valence-electron chi connectivity index (χ4n) is 1.38. The number of ether oxygens (including phenoxy) is 1. The van der Waals surface area contributed by atoms with Crippen LogP contribution in [0.4, 0.5) is 4.39 Å². The number of carbonyl (C=O) groups excluding carboxylic acids is 1. The van der Waals surface area contributed by atoms with E-state index in [-0.39, 0.29) is 17.7 Å². The van der Waals surface area contributed by atoms with Crippen molar-refractivity contribution in [3.63, 3.8) is 0 Å². The Morgan fingerprint density at radius 2 is 2.17 bits per heavy atom. The molecule has 0 saturated heterocycles. The molecule has 0 aromatic heterocycles. The van der Waals surface area contributed by atoms with E-state index < -0.39 is 24.2 Å². The lowest BCUT2D eigenvalue weighted by Gasteiger charge is -2.03. The quantitative estimate of drug-likeness (QED) is 0.643. The van der Waals surface area contributed by atoms with Crippen LogP contribution in [0.25, 0.3) is 6.08 Å². The van der Waals surface area contributed by atoms with Crippen molar-refractivity contribution < 1.29 is 23.8 Å². The zero-order valence-corrected chi connectivity index (χ0v) is 9.85. The molecule has 96 valence electrons. The van der Waals surface area contributed by atoms with E-state index in [1.165, 1.54) is 24.3 Å². The topological polar surface area (TPSA) is 63.6 Å². The van der Waals surface area contributed by atoms with Crippen molar-refractivity contribution in [2.45, 2.75) is 13.3 Å². The number of halogens is 1. The Morgan fingerprint density at radius 3 is 2.78 bits per heavy atom. The van der Waals surface area contributed by atoms with Crippen molar-refractivity contribution in [1.29, 1.82) is 0 Å². The monoisotopic (exact) mass is 252 g/mol. The van der Waals surface area contributed by atoms with E-state index in [0.29, 0.717) is 0 Å². The molecule has 0 aliphatic rings. The summed E-state index contributed by atoms with van der Waals surface area (Å²) in [6.45, 7) is 1.91. The third-order valence-electron chi connectivity index (χ3n) is 2.14. The highest BCUT2D eigenvalue weighted by Gasteiger charge is 2.09. The Labute approximate surface area is 104 Å². The average Bonchev–Trinajstić information content (AvgIpc) is 2.30. The maximum atomic E-state index is 13.8. The van der Waals surface area contributed by atoms with Crippen LogP contribution in [-0.4, -0.2) is 23.7 Å². The fraction of sp³-hybridized carbons (Fsp3) is 0.231. The van der Waals surface area contributed by atoms with Crippen LogP contribution in [0.5, 0.6) is 0 Å². The number of esters is 1. The molecule has 0 fully saturated rings. The standard InChI is InChI=1S/C13H13FO4/c1-2-18-12(17)7-6-9-4-3-5-10(13(9)14)8-11(15)16/h3-7H,2,8H2,1H3,(H,15,16)/b7-6+. The van der Waals surface area contributed by atoms with Crippen molar-refractivity contribution in [1.82, 2.24) is 0 Å². The summed E-state index contributed by atoms with van der Waals surface area (Å²) in [5.41, 5.74) is 0.232. The lowest BCUT2D eigenvalue weighted by molar-refractivity contribution is -0.137. The van der Waals surface area contributed by atoms with Crippen molar-refractivity contribution in [3.05, 3.63) is 41.2 Å². The number of carboxylic acids is 1. The van der Waals surface area contributed by atoms with E-state index >= 15 is 0 Å². The molecule has 1 aromatic carbocycles. The highest BCUT2D eigenvalue weighted by Crippen LogP contribution is 2.15. The van der Waals surface area contributed by atoms with Crippen LogP contribution in [0.3, 0.4) is 0 Å². The molecular formula is C13H13FO4. The number of hydrogen-bond donors (Lipinski definition) is 1. The van der Waals surface area contributed by atoms with Gasteiger partial charge in [-0.15, -0.1) is 0 Å². The molecule has 1 aromatic rings. The Kier molecular flexibility index (Phi) is 5.05. The molecule has 0 radical (unpaired) electrons. The first-order valence-electron chi connectivity index (χ1n) is 5.38. The number of carbonyl (C=O) groups is 2. The van der Waals surface area contributed by atoms with Crippen LogP contribution in [-0.2, 0) is 20.7 Å². The molecule has 1 N–H and O–H groups in total. The number of benzene rings is 1. The number of carboxylic acid groups (broad SMARTS) is 1. The van der Waals surface area contributed by atoms with Gasteiger partial charge in [0, 0.05) is 11.6 Å². The van der Waals surface area contributed by atoms with E-state index in [4.69, 9.17) is 5.11 Å². The minimum absolute atomic E-state index is 0.0773. The molecule has 5 heteroatoms. The summed E-state index contributed by atoms with van der Waals surface area (Å²) < 4.78 is 18.5. The van der Waals surface area contributed by atoms with E-state index in [0.717, 1.165) is 6.08 Å². The third-order valence-corrected chi connectivity index (χ3v) is 2.14. The zero-order chi connectivity index (χ0) is 13.5. The molecule has 0 heterocycles. The molecule has 18 heavy (non-hydrogen) atoms. The molecule has 0 unspecified atom stereocenters. The molecule has 0 aliphatic heterocycles. The molecule has 0 atom stereocenters. The third kappa shape index (κ3) is 4.01. The highest BCUT2D eigenvalue weighted by molar-refractivity contribution is 5.87. The molecule has 0 saturated carbocycles. The lowest BCUT2D eigenvalue weighted by atomic mass is 10.1. The molecule has 0 spiro atoms. The molecule has 1 rings (SSSR count). The van der Waals surface area contributed by atoms with Crippen molar-refractivity contribution >= 4 is 18.0 Å². The fourth-order valence-corrected chi connectivity index (χ4v) is 1.38. The first-order chi connectivity index (χ1) is 8.54. The summed E-state index contributed by atoms with van der Waals surface area (Å²) in [4.78, 5) is 21.6. The van der Waals surface area contributed by atoms with Gasteiger partial charge in [-0.25, -0.2) is 9.18 Å². The van der Waals surface area contributed by atoms with Gasteiger partial charge in [0.05, 0.1) is 13.0 Å². The van der Waals surface area contributed by atoms with Gasteiger partial charge in [0.1, 0.15) is 5.82 Å². The van der Waals surface area contributed by atoms with E-state index in [1.807, 2.05) is 0 Å². The van der Waals surface area contributed by atoms with Gasteiger partial charge in [0.15, 0.2) is 0 Å². The van der Waals surface area contributed by atoms with E-state index in [9.17, 15) is 14.0 Å². The second-order valence-electron chi connectivity index (χ2n) is 3.48. The summed E-state index contributed by atoms with van der Waals surface area (Å²) in [5, 5.41) is 8.61. The van der Waals surface area contributed by atoms with Crippen LogP contribution in [0.15, 0.2) is 24.3 Å². The van der Waals surface area contributed by atoms with Crippen LogP contribution < -0.4 is 0 Å². The van der Waals surface area contributed by atoms with Gasteiger partial charge >= 0.3 is 11.9 Å². The minimum Gasteiger partial charge on any atom is -0.481 e. The minimum atomic E-state index is -1.11. The molecule has 4 nitrogen and oxygen atoms in total. The number of aliphatic carboxylic acids is 1. The van der Waals surface area contributed by atoms with Crippen LogP contribution in [0.1, 0.15) is 18.1 Å². The SMILES string of the molecule is CCOC(=O)/C=C/c1cccc(CC(=O)O)c1F. The maximum Gasteiger partial charge on any atom is 0.330 e. The number of hydrogen-bond acceptors (Lipinski definition) is 3. The predicted molar refractivity (Wildman–Crippen MR) is 63.4 cm³/mol. The number of rotatable bonds is 5. The normalized spacial score (nSPS) is 10.6. The summed E-state index contributed by atoms with van der Waals surface area (Å²) in [5.74, 6) is -2.32. The van der Waals surface area contributed by atoms with Gasteiger partial charge in [-0.2, -0.15) is 0 Å². The lowest BCUT2D eigenvalue weighted by Crippen LogP contribution is -2.03. The Bertz CT molecular complexity index is 480. The second kappa shape index (κ2) is 6.54. The van der Waals surface area contributed by atoms with E-state index in [1.54, 1.807) is 6.92 Å². The van der Waals surface area contributed by atoms with Gasteiger partial charge in [-0.05, 0) is 18.6 Å². The van der Waals surface area contributed by atoms with Gasteiger partial charge in [-0.1, -0.05) is 18.2 Å². The predicted octanol–water partition coefficient (Wildman–Crippen LogP) is 2.03. The summed E-state index contributed by atoms with van der Waals surface area (Å²) in [6.07, 6.45) is 1.97. The summed E-state index contributed by atoms with van der Waals surface area (Å²) in [7, 11) is 0. The molecule has 0 bridgehead atoms. The van der Waals surface area contributed by atoms with Crippen LogP contribution in [0, 0.1) is 5.82 Å². The summed E-state index contributed by atoms with van der Waals surface area (Å²) >= 11 is 0. The highest BCUT2D eigenvalue weighted by atomic mass is 19.1. The van der Waals surface area contributed by atoms with E-state index in [2.05, 4.69) is 4.74 Å². The maximum absolute atomic E-state index is 13.8. The van der Waals surface area contributed by atoms with Crippen molar-refractivity contribution in [3.8, 4) is 0 Å². The molecule has 0 amide bonds. The molecule has 0 aliphatic carbocycles. The van der Waals surface area contributed by atoms with Crippen molar-refractivity contribution in [2.75, 3.05) is 6.61 Å². The Balaban J connectivity index is 2.90. The first kappa shape index (κ1) is 13.9. The summed E-state index contributed by atoms with van der Waals surface area (Å²) in [6, 6.07) is 4.38. The Morgan fingerprint density at radius 1 is 1.44 bits per heavy atom.